The van der Waals surface area contributed by atoms with E-state index in [0.717, 1.165) is 54.0 Å². The summed E-state index contributed by atoms with van der Waals surface area (Å²) < 4.78 is 5.17. The Morgan fingerprint density at radius 3 is 2.66 bits per heavy atom. The predicted octanol–water partition coefficient (Wildman–Crippen LogP) is 4.96. The summed E-state index contributed by atoms with van der Waals surface area (Å²) in [5, 5.41) is 4.94. The van der Waals surface area contributed by atoms with Crippen LogP contribution in [-0.2, 0) is 6.42 Å². The number of amides is 2. The van der Waals surface area contributed by atoms with Crippen molar-refractivity contribution in [3.05, 3.63) is 64.8 Å². The number of rotatable bonds is 5. The summed E-state index contributed by atoms with van der Waals surface area (Å²) in [5.41, 5.74) is 3.54. The molecule has 152 valence electrons. The maximum Gasteiger partial charge on any atom is 0.317 e. The molecule has 0 radical (unpaired) electrons. The number of H-pyrrole nitrogens is 1. The Kier molecular flexibility index (Phi) is 5.95. The maximum absolute atomic E-state index is 12.5. The Labute approximate surface area is 176 Å². The van der Waals surface area contributed by atoms with Gasteiger partial charge in [0.1, 0.15) is 5.75 Å². The number of carbonyl (C=O) groups is 1. The molecule has 2 aromatic carbocycles. The number of fused-ring (bicyclic) bond motifs is 1. The number of piperidine rings is 1. The van der Waals surface area contributed by atoms with Gasteiger partial charge in [0.25, 0.3) is 0 Å². The molecule has 0 spiro atoms. The normalized spacial score (nSPS) is 14.9. The average molecular weight is 412 g/mol. The van der Waals surface area contributed by atoms with Crippen LogP contribution in [0, 0.1) is 0 Å². The molecule has 0 saturated carbocycles. The van der Waals surface area contributed by atoms with Crippen LogP contribution in [0.4, 0.5) is 4.79 Å². The van der Waals surface area contributed by atoms with Gasteiger partial charge in [0.15, 0.2) is 0 Å². The van der Waals surface area contributed by atoms with Crippen molar-refractivity contribution in [2.75, 3.05) is 26.7 Å². The van der Waals surface area contributed by atoms with E-state index in [-0.39, 0.29) is 6.03 Å². The van der Waals surface area contributed by atoms with Gasteiger partial charge in [-0.25, -0.2) is 4.79 Å². The number of hydrogen-bond donors (Lipinski definition) is 2. The van der Waals surface area contributed by atoms with E-state index in [2.05, 4.69) is 16.4 Å². The Balaban J connectivity index is 1.25. The van der Waals surface area contributed by atoms with Crippen molar-refractivity contribution in [2.45, 2.75) is 25.2 Å². The average Bonchev–Trinajstić information content (AvgIpc) is 3.17. The molecule has 2 N–H and O–H groups in total. The molecule has 2 heterocycles. The molecule has 5 nitrogen and oxygen atoms in total. The summed E-state index contributed by atoms with van der Waals surface area (Å²) in [4.78, 5) is 17.9. The van der Waals surface area contributed by atoms with Crippen LogP contribution < -0.4 is 10.1 Å². The molecule has 0 atom stereocenters. The summed E-state index contributed by atoms with van der Waals surface area (Å²) in [6.45, 7) is 2.18. The lowest BCUT2D eigenvalue weighted by Crippen LogP contribution is -2.44. The SMILES string of the molecule is COc1ccc(CCNC(=O)N2CCC(c3cc4cc(Cl)ccc4[nH]3)CC2)cc1. The number of aromatic nitrogens is 1. The van der Waals surface area contributed by atoms with Gasteiger partial charge in [0.05, 0.1) is 7.11 Å². The Bertz CT molecular complexity index is 975. The highest BCUT2D eigenvalue weighted by Gasteiger charge is 2.24. The lowest BCUT2D eigenvalue weighted by Gasteiger charge is -2.31. The molecule has 6 heteroatoms. The van der Waals surface area contributed by atoms with Gasteiger partial charge in [0, 0.05) is 47.2 Å². The van der Waals surface area contributed by atoms with E-state index < -0.39 is 0 Å². The minimum Gasteiger partial charge on any atom is -0.497 e. The van der Waals surface area contributed by atoms with Crippen LogP contribution in [0.15, 0.2) is 48.5 Å². The van der Waals surface area contributed by atoms with Crippen molar-refractivity contribution in [1.29, 1.82) is 0 Å². The van der Waals surface area contributed by atoms with Crippen LogP contribution in [0.25, 0.3) is 10.9 Å². The zero-order valence-corrected chi connectivity index (χ0v) is 17.3. The topological polar surface area (TPSA) is 57.4 Å². The smallest absolute Gasteiger partial charge is 0.317 e. The summed E-state index contributed by atoms with van der Waals surface area (Å²) in [5.74, 6) is 1.29. The van der Waals surface area contributed by atoms with E-state index in [1.807, 2.05) is 47.4 Å². The largest absolute Gasteiger partial charge is 0.497 e. The number of likely N-dealkylation sites (tertiary alicyclic amines) is 1. The zero-order chi connectivity index (χ0) is 20.2. The molecule has 1 aliphatic rings. The minimum absolute atomic E-state index is 0.0281. The number of nitrogens with zero attached hydrogens (tertiary/aromatic N) is 1. The molecule has 1 fully saturated rings. The molecule has 3 aromatic rings. The van der Waals surface area contributed by atoms with Gasteiger partial charge in [-0.05, 0) is 61.2 Å². The number of nitrogens with one attached hydrogen (secondary N) is 2. The van der Waals surface area contributed by atoms with Crippen LogP contribution in [0.2, 0.25) is 5.02 Å². The second-order valence-corrected chi connectivity index (χ2v) is 7.98. The van der Waals surface area contributed by atoms with E-state index in [0.29, 0.717) is 12.5 Å². The molecule has 1 aliphatic heterocycles. The van der Waals surface area contributed by atoms with E-state index in [9.17, 15) is 4.79 Å². The minimum atomic E-state index is 0.0281. The Morgan fingerprint density at radius 2 is 1.93 bits per heavy atom. The molecule has 1 saturated heterocycles. The van der Waals surface area contributed by atoms with Crippen molar-refractivity contribution in [3.8, 4) is 5.75 Å². The number of ether oxygens (including phenoxy) is 1. The van der Waals surface area contributed by atoms with Crippen molar-refractivity contribution >= 4 is 28.5 Å². The molecular formula is C23H26ClN3O2. The number of methoxy groups -OCH3 is 1. The molecule has 4 rings (SSSR count). The number of urea groups is 1. The number of benzene rings is 2. The number of hydrogen-bond acceptors (Lipinski definition) is 2. The molecule has 2 amide bonds. The molecule has 29 heavy (non-hydrogen) atoms. The lowest BCUT2D eigenvalue weighted by atomic mass is 9.94. The summed E-state index contributed by atoms with van der Waals surface area (Å²) in [6.07, 6.45) is 2.74. The highest BCUT2D eigenvalue weighted by atomic mass is 35.5. The van der Waals surface area contributed by atoms with E-state index in [1.165, 1.54) is 11.3 Å². The number of aromatic amines is 1. The van der Waals surface area contributed by atoms with Gasteiger partial charge >= 0.3 is 6.03 Å². The van der Waals surface area contributed by atoms with Crippen LogP contribution in [0.3, 0.4) is 0 Å². The monoisotopic (exact) mass is 411 g/mol. The van der Waals surface area contributed by atoms with Gasteiger partial charge in [-0.15, -0.1) is 0 Å². The first-order valence-electron chi connectivity index (χ1n) is 10.1. The van der Waals surface area contributed by atoms with Gasteiger partial charge in [-0.1, -0.05) is 23.7 Å². The van der Waals surface area contributed by atoms with Crippen LogP contribution in [-0.4, -0.2) is 42.7 Å². The van der Waals surface area contributed by atoms with Crippen molar-refractivity contribution < 1.29 is 9.53 Å². The highest BCUT2D eigenvalue weighted by molar-refractivity contribution is 6.31. The third kappa shape index (κ3) is 4.67. The first kappa shape index (κ1) is 19.6. The second-order valence-electron chi connectivity index (χ2n) is 7.55. The second kappa shape index (κ2) is 8.78. The van der Waals surface area contributed by atoms with Crippen molar-refractivity contribution in [1.82, 2.24) is 15.2 Å². The fraction of sp³-hybridized carbons (Fsp3) is 0.348. The zero-order valence-electron chi connectivity index (χ0n) is 16.6. The fourth-order valence-electron chi connectivity index (χ4n) is 3.96. The third-order valence-corrected chi connectivity index (χ3v) is 5.91. The molecule has 0 unspecified atom stereocenters. The van der Waals surface area contributed by atoms with Crippen LogP contribution >= 0.6 is 11.6 Å². The van der Waals surface area contributed by atoms with Crippen molar-refractivity contribution in [3.63, 3.8) is 0 Å². The van der Waals surface area contributed by atoms with E-state index in [4.69, 9.17) is 16.3 Å². The summed E-state index contributed by atoms with van der Waals surface area (Å²) in [6, 6.07) is 16.1. The first-order chi connectivity index (χ1) is 14.1. The Morgan fingerprint density at radius 1 is 1.17 bits per heavy atom. The van der Waals surface area contributed by atoms with E-state index in [1.54, 1.807) is 7.11 Å². The summed E-state index contributed by atoms with van der Waals surface area (Å²) in [7, 11) is 1.66. The van der Waals surface area contributed by atoms with Gasteiger partial charge in [0.2, 0.25) is 0 Å². The van der Waals surface area contributed by atoms with Crippen LogP contribution in [0.1, 0.15) is 30.0 Å². The first-order valence-corrected chi connectivity index (χ1v) is 10.4. The van der Waals surface area contributed by atoms with Gasteiger partial charge < -0.3 is 19.9 Å². The lowest BCUT2D eigenvalue weighted by molar-refractivity contribution is 0.181. The molecule has 1 aromatic heterocycles. The number of carbonyl (C=O) groups excluding carboxylic acids is 1. The fourth-order valence-corrected chi connectivity index (χ4v) is 4.14. The van der Waals surface area contributed by atoms with Gasteiger partial charge in [-0.3, -0.25) is 0 Å². The molecule has 0 aliphatic carbocycles. The highest BCUT2D eigenvalue weighted by Crippen LogP contribution is 2.30. The predicted molar refractivity (Wildman–Crippen MR) is 117 cm³/mol. The standard InChI is InChI=1S/C23H26ClN3O2/c1-29-20-5-2-16(3-6-20)8-11-25-23(28)27-12-9-17(10-13-27)22-15-18-14-19(24)4-7-21(18)26-22/h2-7,14-15,17,26H,8-13H2,1H3,(H,25,28). The number of halogens is 1. The van der Waals surface area contributed by atoms with Crippen LogP contribution in [0.5, 0.6) is 5.75 Å². The Hall–Kier alpha value is -2.66. The van der Waals surface area contributed by atoms with Gasteiger partial charge in [-0.2, -0.15) is 0 Å². The quantitative estimate of drug-likeness (QED) is 0.623. The molecule has 0 bridgehead atoms. The van der Waals surface area contributed by atoms with Crippen molar-refractivity contribution in [2.24, 2.45) is 0 Å². The third-order valence-electron chi connectivity index (χ3n) is 5.67. The maximum atomic E-state index is 12.5. The van der Waals surface area contributed by atoms with E-state index >= 15 is 0 Å². The molecular weight excluding hydrogens is 386 g/mol. The summed E-state index contributed by atoms with van der Waals surface area (Å²) >= 11 is 6.09.